The molecular weight excluding hydrogens is 510 g/mol. The minimum absolute atomic E-state index is 0.0401. The zero-order chi connectivity index (χ0) is 28.4. The van der Waals surface area contributed by atoms with Crippen molar-refractivity contribution in [3.8, 4) is 17.6 Å². The average Bonchev–Trinajstić information content (AvgIpc) is 3.53. The molecule has 0 aromatic heterocycles. The van der Waals surface area contributed by atoms with Gasteiger partial charge in [0, 0.05) is 18.7 Å². The number of carbonyl (C=O) groups excluding carboxylic acids is 2. The molecule has 4 aliphatic carbocycles. The highest BCUT2D eigenvalue weighted by Crippen LogP contribution is 2.49. The van der Waals surface area contributed by atoms with Crippen molar-refractivity contribution in [2.24, 2.45) is 29.1 Å². The molecule has 4 aliphatic rings. The molecule has 0 aliphatic heterocycles. The van der Waals surface area contributed by atoms with Crippen molar-refractivity contribution in [1.82, 2.24) is 10.6 Å². The van der Waals surface area contributed by atoms with Gasteiger partial charge >= 0.3 is 5.97 Å². The Balaban J connectivity index is 1.29. The third-order valence-corrected chi connectivity index (χ3v) is 10.1. The van der Waals surface area contributed by atoms with E-state index >= 15 is 0 Å². The molecule has 5 rings (SSSR count). The Morgan fingerprint density at radius 1 is 1.07 bits per heavy atom. The molecule has 1 aromatic carbocycles. The van der Waals surface area contributed by atoms with Gasteiger partial charge in [-0.15, -0.1) is 0 Å². The van der Waals surface area contributed by atoms with Crippen molar-refractivity contribution < 1.29 is 29.0 Å². The van der Waals surface area contributed by atoms with Crippen LogP contribution in [0.2, 0.25) is 0 Å². The number of ether oxygens (including phenoxy) is 2. The van der Waals surface area contributed by atoms with Crippen molar-refractivity contribution in [2.45, 2.75) is 89.7 Å². The number of nitrogens with one attached hydrogen (secondary N) is 2. The molecule has 2 bridgehead atoms. The van der Waals surface area contributed by atoms with Crippen molar-refractivity contribution in [1.29, 1.82) is 5.26 Å². The van der Waals surface area contributed by atoms with E-state index in [1.54, 1.807) is 13.0 Å². The Morgan fingerprint density at radius 2 is 1.80 bits per heavy atom. The summed E-state index contributed by atoms with van der Waals surface area (Å²) in [6.45, 7) is 2.44. The van der Waals surface area contributed by atoms with Crippen molar-refractivity contribution in [2.75, 3.05) is 13.7 Å². The molecule has 0 unspecified atom stereocenters. The predicted molar refractivity (Wildman–Crippen MR) is 147 cm³/mol. The summed E-state index contributed by atoms with van der Waals surface area (Å²) in [5.74, 6) is 0.477. The summed E-state index contributed by atoms with van der Waals surface area (Å²) in [5.41, 5.74) is -0.262. The van der Waals surface area contributed by atoms with Crippen LogP contribution >= 0.6 is 0 Å². The van der Waals surface area contributed by atoms with E-state index < -0.39 is 11.4 Å². The highest BCUT2D eigenvalue weighted by atomic mass is 16.5. The minimum Gasteiger partial charge on any atom is -0.496 e. The smallest absolute Gasteiger partial charge is 0.309 e. The Labute approximate surface area is 236 Å². The van der Waals surface area contributed by atoms with Crippen LogP contribution in [0.3, 0.4) is 0 Å². The normalized spacial score (nSPS) is 31.1. The first-order chi connectivity index (χ1) is 19.2. The summed E-state index contributed by atoms with van der Waals surface area (Å²) in [5, 5.41) is 25.6. The molecule has 2 amide bonds. The van der Waals surface area contributed by atoms with Gasteiger partial charge < -0.3 is 25.2 Å². The third kappa shape index (κ3) is 5.63. The number of fused-ring (bicyclic) bond motifs is 2. The van der Waals surface area contributed by atoms with Crippen LogP contribution in [-0.2, 0) is 9.59 Å². The maximum atomic E-state index is 13.7. The summed E-state index contributed by atoms with van der Waals surface area (Å²) in [6, 6.07) is 4.95. The van der Waals surface area contributed by atoms with Crippen molar-refractivity contribution in [3.63, 3.8) is 0 Å². The molecule has 216 valence electrons. The zero-order valence-electron chi connectivity index (χ0n) is 23.5. The van der Waals surface area contributed by atoms with E-state index in [9.17, 15) is 24.8 Å². The molecule has 9 heteroatoms. The van der Waals surface area contributed by atoms with Gasteiger partial charge in [0.2, 0.25) is 5.91 Å². The van der Waals surface area contributed by atoms with Crippen molar-refractivity contribution in [3.05, 3.63) is 23.3 Å². The van der Waals surface area contributed by atoms with Crippen LogP contribution in [-0.4, -0.2) is 48.7 Å². The number of nitrogens with zero attached hydrogens (tertiary/aromatic N) is 1. The fraction of sp³-hybridized carbons (Fsp3) is 0.677. The third-order valence-electron chi connectivity index (χ3n) is 10.1. The SMILES string of the molecule is COc1cc(C#N)c(O[C@H]2CC[C@@](C)(C(=O)O)CC2)cc1C(=O)N[C@@H]1[C@H]2CC[C@H](C2)[C@@H]1C(=O)NCCC1CCC1. The lowest BCUT2D eigenvalue weighted by Gasteiger charge is -2.34. The first-order valence-electron chi connectivity index (χ1n) is 14.8. The van der Waals surface area contributed by atoms with Gasteiger partial charge in [-0.3, -0.25) is 14.4 Å². The number of carboxylic acid groups (broad SMARTS) is 1. The van der Waals surface area contributed by atoms with Crippen LogP contribution in [0.25, 0.3) is 0 Å². The Morgan fingerprint density at radius 3 is 2.42 bits per heavy atom. The number of hydrogen-bond donors (Lipinski definition) is 3. The zero-order valence-corrected chi connectivity index (χ0v) is 23.5. The van der Waals surface area contributed by atoms with Gasteiger partial charge in [-0.25, -0.2) is 0 Å². The molecule has 4 atom stereocenters. The van der Waals surface area contributed by atoms with Gasteiger partial charge in [-0.1, -0.05) is 19.3 Å². The number of rotatable bonds is 10. The molecule has 1 aromatic rings. The molecule has 0 heterocycles. The molecule has 3 N–H and O–H groups in total. The first kappa shape index (κ1) is 28.3. The maximum absolute atomic E-state index is 13.7. The predicted octanol–water partition coefficient (Wildman–Crippen LogP) is 4.43. The second-order valence-electron chi connectivity index (χ2n) is 12.6. The number of hydrogen-bond acceptors (Lipinski definition) is 6. The van der Waals surface area contributed by atoms with Crippen LogP contribution in [0.5, 0.6) is 11.5 Å². The number of amides is 2. The molecule has 0 radical (unpaired) electrons. The number of aliphatic carboxylic acids is 1. The standard InChI is InChI=1S/C31H41N3O6/c1-31(30(37)38)11-8-22(9-12-31)40-24-16-23(25(39-2)15-21(24)17-32)28(35)34-27-20-7-6-19(14-20)26(27)29(36)33-13-10-18-4-3-5-18/h15-16,18-20,22,26-27H,3-14H2,1-2H3,(H,33,36)(H,34,35)(H,37,38)/t19-,20+,22-,26+,27-,31+/m1/s1. The Kier molecular flexibility index (Phi) is 8.25. The lowest BCUT2D eigenvalue weighted by Crippen LogP contribution is -2.50. The summed E-state index contributed by atoms with van der Waals surface area (Å²) < 4.78 is 11.7. The molecular formula is C31H41N3O6. The number of methoxy groups -OCH3 is 1. The van der Waals surface area contributed by atoms with E-state index in [1.807, 2.05) is 0 Å². The number of benzene rings is 1. The second kappa shape index (κ2) is 11.7. The molecule has 4 fully saturated rings. The maximum Gasteiger partial charge on any atom is 0.309 e. The van der Waals surface area contributed by atoms with Gasteiger partial charge in [0.1, 0.15) is 17.6 Å². The van der Waals surface area contributed by atoms with Gasteiger partial charge in [0.15, 0.2) is 0 Å². The highest BCUT2D eigenvalue weighted by molar-refractivity contribution is 5.98. The molecule has 4 saturated carbocycles. The molecule has 0 spiro atoms. The van der Waals surface area contributed by atoms with Gasteiger partial charge in [-0.2, -0.15) is 5.26 Å². The number of carboxylic acids is 1. The van der Waals surface area contributed by atoms with Crippen molar-refractivity contribution >= 4 is 17.8 Å². The summed E-state index contributed by atoms with van der Waals surface area (Å²) >= 11 is 0. The van der Waals surface area contributed by atoms with Crippen LogP contribution < -0.4 is 20.1 Å². The average molecular weight is 552 g/mol. The summed E-state index contributed by atoms with van der Waals surface area (Å²) in [6.07, 6.45) is 9.57. The largest absolute Gasteiger partial charge is 0.496 e. The second-order valence-corrected chi connectivity index (χ2v) is 12.6. The van der Waals surface area contributed by atoms with Crippen LogP contribution in [0.1, 0.15) is 93.5 Å². The fourth-order valence-corrected chi connectivity index (χ4v) is 7.24. The summed E-state index contributed by atoms with van der Waals surface area (Å²) in [7, 11) is 1.46. The quantitative estimate of drug-likeness (QED) is 0.391. The van der Waals surface area contributed by atoms with Crippen LogP contribution in [0.15, 0.2) is 12.1 Å². The first-order valence-corrected chi connectivity index (χ1v) is 14.8. The Hall–Kier alpha value is -3.28. The van der Waals surface area contributed by atoms with E-state index in [0.29, 0.717) is 32.2 Å². The van der Waals surface area contributed by atoms with E-state index in [1.165, 1.54) is 32.4 Å². The van der Waals surface area contributed by atoms with E-state index in [-0.39, 0.29) is 64.3 Å². The molecule has 40 heavy (non-hydrogen) atoms. The van der Waals surface area contributed by atoms with E-state index in [4.69, 9.17) is 9.47 Å². The van der Waals surface area contributed by atoms with Gasteiger partial charge in [0.05, 0.1) is 35.7 Å². The van der Waals surface area contributed by atoms with E-state index in [0.717, 1.165) is 31.6 Å². The number of nitriles is 1. The van der Waals surface area contributed by atoms with Crippen LogP contribution in [0.4, 0.5) is 0 Å². The fourth-order valence-electron chi connectivity index (χ4n) is 7.24. The number of carbonyl (C=O) groups is 3. The lowest BCUT2D eigenvalue weighted by molar-refractivity contribution is -0.150. The highest BCUT2D eigenvalue weighted by Gasteiger charge is 2.51. The monoisotopic (exact) mass is 551 g/mol. The van der Waals surface area contributed by atoms with E-state index in [2.05, 4.69) is 16.7 Å². The van der Waals surface area contributed by atoms with Gasteiger partial charge in [0.25, 0.3) is 5.91 Å². The van der Waals surface area contributed by atoms with Gasteiger partial charge in [-0.05, 0) is 82.1 Å². The summed E-state index contributed by atoms with van der Waals surface area (Å²) in [4.78, 5) is 38.5. The lowest BCUT2D eigenvalue weighted by atomic mass is 9.75. The van der Waals surface area contributed by atoms with Crippen LogP contribution in [0, 0.1) is 40.4 Å². The molecule has 9 nitrogen and oxygen atoms in total. The molecule has 0 saturated heterocycles. The minimum atomic E-state index is -0.807. The Bertz CT molecular complexity index is 1180. The topological polar surface area (TPSA) is 138 Å².